The normalized spacial score (nSPS) is 10.4. The maximum atomic E-state index is 5.06. The van der Waals surface area contributed by atoms with E-state index in [9.17, 15) is 0 Å². The zero-order chi connectivity index (χ0) is 8.10. The molecule has 0 radical (unpaired) electrons. The summed E-state index contributed by atoms with van der Waals surface area (Å²) in [6.07, 6.45) is 2.03. The van der Waals surface area contributed by atoms with E-state index in [1.54, 1.807) is 7.11 Å². The lowest BCUT2D eigenvalue weighted by molar-refractivity contribution is 0.414. The number of methoxy groups -OCH3 is 1. The lowest BCUT2D eigenvalue weighted by Crippen LogP contribution is -1.81. The van der Waals surface area contributed by atoms with E-state index in [0.717, 1.165) is 5.75 Å². The summed E-state index contributed by atoms with van der Waals surface area (Å²) in [5.41, 5.74) is 1.17. The van der Waals surface area contributed by atoms with Gasteiger partial charge < -0.3 is 4.74 Å². The summed E-state index contributed by atoms with van der Waals surface area (Å²) in [6.45, 7) is 0. The van der Waals surface area contributed by atoms with E-state index in [4.69, 9.17) is 4.74 Å². The molecular weight excluding hydrogens is 251 g/mol. The van der Waals surface area contributed by atoms with Crippen molar-refractivity contribution in [2.24, 2.45) is 0 Å². The molecule has 0 atom stereocenters. The highest BCUT2D eigenvalue weighted by Gasteiger charge is 1.89. The third-order valence-electron chi connectivity index (χ3n) is 1.35. The molecule has 58 valence electrons. The molecule has 0 fully saturated rings. The zero-order valence-electron chi connectivity index (χ0n) is 6.25. The topological polar surface area (TPSA) is 9.23 Å². The highest BCUT2D eigenvalue weighted by Crippen LogP contribution is 2.13. The molecule has 0 heterocycles. The number of benzene rings is 1. The van der Waals surface area contributed by atoms with Crippen LogP contribution in [0, 0.1) is 0 Å². The molecule has 0 N–H and O–H groups in total. The van der Waals surface area contributed by atoms with E-state index < -0.39 is 0 Å². The van der Waals surface area contributed by atoms with Gasteiger partial charge in [0.2, 0.25) is 0 Å². The summed E-state index contributed by atoms with van der Waals surface area (Å²) < 4.78 is 7.04. The van der Waals surface area contributed by atoms with Gasteiger partial charge in [-0.3, -0.25) is 0 Å². The second kappa shape index (κ2) is 4.38. The molecule has 2 heteroatoms. The summed E-state index contributed by atoms with van der Waals surface area (Å²) >= 11 is 2.19. The number of hydrogen-bond acceptors (Lipinski definition) is 1. The van der Waals surface area contributed by atoms with Crippen molar-refractivity contribution in [1.29, 1.82) is 0 Å². The lowest BCUT2D eigenvalue weighted by atomic mass is 10.2. The van der Waals surface area contributed by atoms with Gasteiger partial charge in [0.15, 0.2) is 0 Å². The van der Waals surface area contributed by atoms with Crippen molar-refractivity contribution in [1.82, 2.24) is 0 Å². The molecule has 1 rings (SSSR count). The van der Waals surface area contributed by atoms with Crippen LogP contribution in [0.2, 0.25) is 0 Å². The van der Waals surface area contributed by atoms with Gasteiger partial charge in [-0.2, -0.15) is 0 Å². The number of halogens is 1. The first kappa shape index (κ1) is 8.59. The summed E-state index contributed by atoms with van der Waals surface area (Å²) in [5.74, 6) is 0.900. The molecule has 0 aromatic heterocycles. The maximum absolute atomic E-state index is 5.06. The Morgan fingerprint density at radius 1 is 1.45 bits per heavy atom. The molecule has 0 spiro atoms. The van der Waals surface area contributed by atoms with Crippen LogP contribution in [-0.2, 0) is 0 Å². The summed E-state index contributed by atoms with van der Waals surface area (Å²) in [5, 5.41) is 0. The fourth-order valence-corrected chi connectivity index (χ4v) is 1.23. The number of rotatable bonds is 2. The van der Waals surface area contributed by atoms with Crippen molar-refractivity contribution in [3.8, 4) is 5.75 Å². The van der Waals surface area contributed by atoms with E-state index in [1.165, 1.54) is 5.56 Å². The fourth-order valence-electron chi connectivity index (χ4n) is 0.818. The molecule has 1 aromatic rings. The van der Waals surface area contributed by atoms with Crippen LogP contribution >= 0.6 is 22.6 Å². The Morgan fingerprint density at radius 3 is 2.91 bits per heavy atom. The van der Waals surface area contributed by atoms with Crippen molar-refractivity contribution in [3.63, 3.8) is 0 Å². The first-order chi connectivity index (χ1) is 5.36. The van der Waals surface area contributed by atoms with Crippen molar-refractivity contribution in [2.45, 2.75) is 0 Å². The standard InChI is InChI=1S/C9H9IO/c1-11-9-4-2-3-8(7-9)5-6-10/h2-7H,1H3. The van der Waals surface area contributed by atoms with Gasteiger partial charge >= 0.3 is 0 Å². The van der Waals surface area contributed by atoms with E-state index in [2.05, 4.69) is 22.6 Å². The minimum absolute atomic E-state index is 0.900. The number of ether oxygens (including phenoxy) is 1. The average molecular weight is 260 g/mol. The molecular formula is C9H9IO. The Balaban J connectivity index is 2.91. The smallest absolute Gasteiger partial charge is 0.119 e. The summed E-state index contributed by atoms with van der Waals surface area (Å²) in [4.78, 5) is 0. The Kier molecular flexibility index (Phi) is 3.42. The second-order valence-electron chi connectivity index (χ2n) is 2.07. The Hall–Kier alpha value is -0.510. The molecule has 0 aliphatic heterocycles. The first-order valence-electron chi connectivity index (χ1n) is 3.27. The average Bonchev–Trinajstić information content (AvgIpc) is 2.06. The molecule has 0 aliphatic carbocycles. The predicted octanol–water partition coefficient (Wildman–Crippen LogP) is 3.10. The monoisotopic (exact) mass is 260 g/mol. The van der Waals surface area contributed by atoms with Crippen molar-refractivity contribution >= 4 is 28.7 Å². The third kappa shape index (κ3) is 2.54. The van der Waals surface area contributed by atoms with Crippen LogP contribution in [0.3, 0.4) is 0 Å². The van der Waals surface area contributed by atoms with Crippen LogP contribution in [0.5, 0.6) is 5.75 Å². The Labute approximate surface area is 80.2 Å². The molecule has 0 unspecified atom stereocenters. The van der Waals surface area contributed by atoms with Gasteiger partial charge in [0.05, 0.1) is 7.11 Å². The minimum atomic E-state index is 0.900. The quantitative estimate of drug-likeness (QED) is 0.742. The molecule has 0 saturated carbocycles. The molecule has 0 amide bonds. The van der Waals surface area contributed by atoms with Gasteiger partial charge in [-0.15, -0.1) is 0 Å². The van der Waals surface area contributed by atoms with E-state index in [-0.39, 0.29) is 0 Å². The van der Waals surface area contributed by atoms with Gasteiger partial charge in [-0.05, 0) is 27.9 Å². The van der Waals surface area contributed by atoms with Crippen LogP contribution in [0.15, 0.2) is 28.3 Å². The second-order valence-corrected chi connectivity index (χ2v) is 2.79. The number of hydrogen-bond donors (Lipinski definition) is 0. The fraction of sp³-hybridized carbons (Fsp3) is 0.111. The van der Waals surface area contributed by atoms with Gasteiger partial charge in [-0.1, -0.05) is 34.7 Å². The molecule has 0 aliphatic rings. The molecule has 11 heavy (non-hydrogen) atoms. The summed E-state index contributed by atoms with van der Waals surface area (Å²) in [7, 11) is 1.67. The van der Waals surface area contributed by atoms with Crippen LogP contribution in [0.1, 0.15) is 5.56 Å². The molecule has 1 nitrogen and oxygen atoms in total. The summed E-state index contributed by atoms with van der Waals surface area (Å²) in [6, 6.07) is 7.95. The first-order valence-corrected chi connectivity index (χ1v) is 4.52. The van der Waals surface area contributed by atoms with E-state index in [0.29, 0.717) is 0 Å². The highest BCUT2D eigenvalue weighted by molar-refractivity contribution is 14.1. The third-order valence-corrected chi connectivity index (χ3v) is 1.71. The lowest BCUT2D eigenvalue weighted by Gasteiger charge is -1.98. The zero-order valence-corrected chi connectivity index (χ0v) is 8.41. The minimum Gasteiger partial charge on any atom is -0.497 e. The molecule has 0 saturated heterocycles. The van der Waals surface area contributed by atoms with Crippen molar-refractivity contribution in [3.05, 3.63) is 33.9 Å². The molecule has 0 bridgehead atoms. The largest absolute Gasteiger partial charge is 0.497 e. The van der Waals surface area contributed by atoms with E-state index in [1.807, 2.05) is 34.4 Å². The SMILES string of the molecule is COc1cccc(C=CI)c1. The van der Waals surface area contributed by atoms with Gasteiger partial charge in [0, 0.05) is 0 Å². The van der Waals surface area contributed by atoms with Crippen molar-refractivity contribution < 1.29 is 4.74 Å². The predicted molar refractivity (Wildman–Crippen MR) is 56.0 cm³/mol. The van der Waals surface area contributed by atoms with Crippen LogP contribution in [0.25, 0.3) is 6.08 Å². The molecule has 1 aromatic carbocycles. The van der Waals surface area contributed by atoms with Gasteiger partial charge in [0.1, 0.15) is 5.75 Å². The van der Waals surface area contributed by atoms with Gasteiger partial charge in [0.25, 0.3) is 0 Å². The highest BCUT2D eigenvalue weighted by atomic mass is 127. The van der Waals surface area contributed by atoms with Crippen LogP contribution in [-0.4, -0.2) is 7.11 Å². The van der Waals surface area contributed by atoms with Crippen LogP contribution in [0.4, 0.5) is 0 Å². The van der Waals surface area contributed by atoms with Crippen molar-refractivity contribution in [2.75, 3.05) is 7.11 Å². The Bertz CT molecular complexity index is 255. The van der Waals surface area contributed by atoms with Crippen LogP contribution < -0.4 is 4.74 Å². The maximum Gasteiger partial charge on any atom is 0.119 e. The van der Waals surface area contributed by atoms with Gasteiger partial charge in [-0.25, -0.2) is 0 Å². The van der Waals surface area contributed by atoms with E-state index >= 15 is 0 Å². The Morgan fingerprint density at radius 2 is 2.27 bits per heavy atom.